The van der Waals surface area contributed by atoms with E-state index >= 15 is 0 Å². The highest BCUT2D eigenvalue weighted by molar-refractivity contribution is 14.0. The van der Waals surface area contributed by atoms with Crippen molar-refractivity contribution in [3.05, 3.63) is 30.3 Å². The first-order chi connectivity index (χ1) is 12.3. The molecule has 1 saturated carbocycles. The van der Waals surface area contributed by atoms with Crippen LogP contribution in [0.5, 0.6) is 0 Å². The lowest BCUT2D eigenvalue weighted by Crippen LogP contribution is -2.40. The van der Waals surface area contributed by atoms with Crippen molar-refractivity contribution in [1.82, 2.24) is 10.6 Å². The van der Waals surface area contributed by atoms with Crippen molar-refractivity contribution in [2.45, 2.75) is 39.0 Å². The maximum Gasteiger partial charge on any atom is 0.191 e. The van der Waals surface area contributed by atoms with E-state index in [4.69, 9.17) is 9.73 Å². The monoisotopic (exact) mass is 474 g/mol. The second kappa shape index (κ2) is 13.2. The number of ether oxygens (including phenoxy) is 1. The van der Waals surface area contributed by atoms with Crippen LogP contribution in [0, 0.1) is 5.41 Å². The smallest absolute Gasteiger partial charge is 0.191 e. The van der Waals surface area contributed by atoms with Gasteiger partial charge >= 0.3 is 0 Å². The van der Waals surface area contributed by atoms with Crippen molar-refractivity contribution in [2.75, 3.05) is 45.2 Å². The first-order valence-corrected chi connectivity index (χ1v) is 9.58. The minimum Gasteiger partial charge on any atom is -0.385 e. The summed E-state index contributed by atoms with van der Waals surface area (Å²) in [5, 5.41) is 10.2. The van der Waals surface area contributed by atoms with E-state index in [9.17, 15) is 0 Å². The minimum atomic E-state index is 0. The number of halogens is 1. The quantitative estimate of drug-likeness (QED) is 0.197. The number of nitrogens with one attached hydrogen (secondary N) is 3. The molecule has 6 heteroatoms. The van der Waals surface area contributed by atoms with Gasteiger partial charge in [-0.1, -0.05) is 24.6 Å². The van der Waals surface area contributed by atoms with E-state index in [0.29, 0.717) is 5.41 Å². The van der Waals surface area contributed by atoms with Gasteiger partial charge in [-0.3, -0.25) is 4.99 Å². The number of methoxy groups -OCH3 is 1. The van der Waals surface area contributed by atoms with E-state index in [1.54, 1.807) is 7.11 Å². The molecule has 0 aromatic heterocycles. The van der Waals surface area contributed by atoms with Crippen molar-refractivity contribution in [3.8, 4) is 0 Å². The normalized spacial score (nSPS) is 15.5. The van der Waals surface area contributed by atoms with Crippen molar-refractivity contribution in [3.63, 3.8) is 0 Å². The molecule has 2 rings (SSSR count). The summed E-state index contributed by atoms with van der Waals surface area (Å²) < 4.78 is 5.27. The fraction of sp³-hybridized carbons (Fsp3) is 0.650. The molecule has 1 fully saturated rings. The summed E-state index contributed by atoms with van der Waals surface area (Å²) in [5.41, 5.74) is 1.54. The lowest BCUT2D eigenvalue weighted by molar-refractivity contribution is 0.0778. The minimum absolute atomic E-state index is 0. The number of aliphatic imine (C=N–C) groups is 1. The zero-order valence-corrected chi connectivity index (χ0v) is 18.6. The predicted octanol–water partition coefficient (Wildman–Crippen LogP) is 3.87. The molecule has 1 aliphatic carbocycles. The zero-order chi connectivity index (χ0) is 17.8. The predicted molar refractivity (Wildman–Crippen MR) is 122 cm³/mol. The van der Waals surface area contributed by atoms with E-state index in [1.165, 1.54) is 24.9 Å². The Balaban J connectivity index is 0.00000338. The summed E-state index contributed by atoms with van der Waals surface area (Å²) in [6, 6.07) is 10.3. The number of guanidine groups is 1. The van der Waals surface area contributed by atoms with Gasteiger partial charge in [0.25, 0.3) is 0 Å². The Morgan fingerprint density at radius 3 is 2.54 bits per heavy atom. The van der Waals surface area contributed by atoms with Crippen LogP contribution < -0.4 is 16.0 Å². The van der Waals surface area contributed by atoms with Gasteiger partial charge in [-0.05, 0) is 50.2 Å². The Morgan fingerprint density at radius 1 is 1.15 bits per heavy atom. The van der Waals surface area contributed by atoms with Crippen LogP contribution >= 0.6 is 24.0 Å². The molecular weight excluding hydrogens is 439 g/mol. The summed E-state index contributed by atoms with van der Waals surface area (Å²) in [6.07, 6.45) is 6.05. The molecule has 1 aromatic rings. The SMILES string of the molecule is CCNC(=NCC1(CCOC)CCC1)NCCCNc1ccccc1.I. The van der Waals surface area contributed by atoms with E-state index in [1.807, 2.05) is 6.07 Å². The van der Waals surface area contributed by atoms with Gasteiger partial charge in [0, 0.05) is 45.6 Å². The Hall–Kier alpha value is -1.02. The molecule has 0 aliphatic heterocycles. The molecule has 0 saturated heterocycles. The van der Waals surface area contributed by atoms with Crippen LogP contribution in [-0.2, 0) is 4.74 Å². The second-order valence-electron chi connectivity index (χ2n) is 6.86. The second-order valence-corrected chi connectivity index (χ2v) is 6.86. The van der Waals surface area contributed by atoms with E-state index in [-0.39, 0.29) is 24.0 Å². The molecule has 0 heterocycles. The summed E-state index contributed by atoms with van der Waals surface area (Å²) in [7, 11) is 1.78. The van der Waals surface area contributed by atoms with Gasteiger partial charge in [0.15, 0.2) is 5.96 Å². The molecule has 0 unspecified atom stereocenters. The molecule has 1 aromatic carbocycles. The maximum atomic E-state index is 5.27. The molecule has 1 aliphatic rings. The third-order valence-corrected chi connectivity index (χ3v) is 4.92. The van der Waals surface area contributed by atoms with Gasteiger partial charge in [-0.15, -0.1) is 24.0 Å². The molecular formula is C20H35IN4O. The Bertz CT molecular complexity index is 506. The average molecular weight is 474 g/mol. The largest absolute Gasteiger partial charge is 0.385 e. The van der Waals surface area contributed by atoms with Gasteiger partial charge in [0.1, 0.15) is 0 Å². The first kappa shape index (κ1) is 23.0. The molecule has 0 radical (unpaired) electrons. The highest BCUT2D eigenvalue weighted by Gasteiger charge is 2.36. The third-order valence-electron chi connectivity index (χ3n) is 4.92. The number of anilines is 1. The Morgan fingerprint density at radius 2 is 1.92 bits per heavy atom. The van der Waals surface area contributed by atoms with E-state index in [0.717, 1.165) is 51.6 Å². The molecule has 0 spiro atoms. The van der Waals surface area contributed by atoms with E-state index < -0.39 is 0 Å². The zero-order valence-electron chi connectivity index (χ0n) is 16.2. The number of benzene rings is 1. The molecule has 0 atom stereocenters. The average Bonchev–Trinajstić information content (AvgIpc) is 2.61. The third kappa shape index (κ3) is 8.12. The molecule has 148 valence electrons. The van der Waals surface area contributed by atoms with E-state index in [2.05, 4.69) is 47.1 Å². The van der Waals surface area contributed by atoms with Gasteiger partial charge < -0.3 is 20.7 Å². The summed E-state index contributed by atoms with van der Waals surface area (Å²) >= 11 is 0. The number of rotatable bonds is 11. The van der Waals surface area contributed by atoms with Crippen LogP contribution in [0.4, 0.5) is 5.69 Å². The fourth-order valence-electron chi connectivity index (χ4n) is 3.15. The van der Waals surface area contributed by atoms with Crippen LogP contribution in [0.15, 0.2) is 35.3 Å². The topological polar surface area (TPSA) is 57.7 Å². The number of nitrogens with zero attached hydrogens (tertiary/aromatic N) is 1. The molecule has 0 bridgehead atoms. The Labute approximate surface area is 175 Å². The lowest BCUT2D eigenvalue weighted by atomic mass is 9.67. The highest BCUT2D eigenvalue weighted by Crippen LogP contribution is 2.44. The summed E-state index contributed by atoms with van der Waals surface area (Å²) in [4.78, 5) is 4.83. The summed E-state index contributed by atoms with van der Waals surface area (Å²) in [6.45, 7) is 6.60. The van der Waals surface area contributed by atoms with Crippen LogP contribution in [0.3, 0.4) is 0 Å². The van der Waals surface area contributed by atoms with Gasteiger partial charge in [-0.2, -0.15) is 0 Å². The lowest BCUT2D eigenvalue weighted by Gasteiger charge is -2.40. The van der Waals surface area contributed by atoms with Gasteiger partial charge in [0.05, 0.1) is 0 Å². The summed E-state index contributed by atoms with van der Waals surface area (Å²) in [5.74, 6) is 0.936. The highest BCUT2D eigenvalue weighted by atomic mass is 127. The number of para-hydroxylation sites is 1. The molecule has 5 nitrogen and oxygen atoms in total. The fourth-order valence-corrected chi connectivity index (χ4v) is 3.15. The van der Waals surface area contributed by atoms with Crippen molar-refractivity contribution in [2.24, 2.45) is 10.4 Å². The van der Waals surface area contributed by atoms with Crippen LogP contribution in [0.25, 0.3) is 0 Å². The first-order valence-electron chi connectivity index (χ1n) is 9.58. The van der Waals surface area contributed by atoms with Gasteiger partial charge in [-0.25, -0.2) is 0 Å². The van der Waals surface area contributed by atoms with Crippen LogP contribution in [0.2, 0.25) is 0 Å². The number of hydrogen-bond acceptors (Lipinski definition) is 3. The molecule has 26 heavy (non-hydrogen) atoms. The van der Waals surface area contributed by atoms with Crippen molar-refractivity contribution in [1.29, 1.82) is 0 Å². The standard InChI is InChI=1S/C20H34N4O.HI/c1-3-21-19(24-17-20(11-7-12-20)13-16-25-2)23-15-8-14-22-18-9-5-4-6-10-18;/h4-6,9-10,22H,3,7-8,11-17H2,1-2H3,(H2,21,23,24);1H. The van der Waals surface area contributed by atoms with Crippen LogP contribution in [0.1, 0.15) is 39.0 Å². The number of hydrogen-bond donors (Lipinski definition) is 3. The van der Waals surface area contributed by atoms with Crippen molar-refractivity contribution < 1.29 is 4.74 Å². The Kier molecular flexibility index (Phi) is 11.7. The van der Waals surface area contributed by atoms with Gasteiger partial charge in [0.2, 0.25) is 0 Å². The van der Waals surface area contributed by atoms with Crippen LogP contribution in [-0.4, -0.2) is 45.9 Å². The molecule has 0 amide bonds. The van der Waals surface area contributed by atoms with Crippen molar-refractivity contribution >= 4 is 35.6 Å². The molecule has 3 N–H and O–H groups in total. The maximum absolute atomic E-state index is 5.27.